The van der Waals surface area contributed by atoms with Crippen LogP contribution in [0, 0.1) is 5.92 Å². The third-order valence-corrected chi connectivity index (χ3v) is 3.48. The highest BCUT2D eigenvalue weighted by atomic mass is 35.5. The average Bonchev–Trinajstić information content (AvgIpc) is 2.27. The van der Waals surface area contributed by atoms with Gasteiger partial charge in [0.1, 0.15) is 6.04 Å². The quantitative estimate of drug-likeness (QED) is 0.766. The van der Waals surface area contributed by atoms with Crippen molar-refractivity contribution >= 4 is 24.3 Å². The lowest BCUT2D eigenvalue weighted by Gasteiger charge is -2.38. The van der Waals surface area contributed by atoms with E-state index < -0.39 is 0 Å². The summed E-state index contributed by atoms with van der Waals surface area (Å²) < 4.78 is 5.04. The molecule has 0 aromatic heterocycles. The monoisotopic (exact) mass is 276 g/mol. The molecule has 2 saturated heterocycles. The van der Waals surface area contributed by atoms with Gasteiger partial charge in [0, 0.05) is 19.6 Å². The molecular weight excluding hydrogens is 256 g/mol. The molecule has 6 heteroatoms. The maximum absolute atomic E-state index is 12.2. The third kappa shape index (κ3) is 3.14. The van der Waals surface area contributed by atoms with Crippen molar-refractivity contribution in [3.63, 3.8) is 0 Å². The summed E-state index contributed by atoms with van der Waals surface area (Å²) in [5.74, 6) is -0.0700. The van der Waals surface area contributed by atoms with Gasteiger partial charge in [0.2, 0.25) is 5.91 Å². The molecule has 0 radical (unpaired) electrons. The van der Waals surface area contributed by atoms with Gasteiger partial charge < -0.3 is 15.0 Å². The topological polar surface area (TPSA) is 58.6 Å². The highest BCUT2D eigenvalue weighted by molar-refractivity contribution is 5.86. The maximum Gasteiger partial charge on any atom is 0.328 e. The number of amides is 1. The van der Waals surface area contributed by atoms with Crippen molar-refractivity contribution in [2.75, 3.05) is 26.2 Å². The summed E-state index contributed by atoms with van der Waals surface area (Å²) in [5, 5.41) is 3.09. The van der Waals surface area contributed by atoms with Gasteiger partial charge in [-0.25, -0.2) is 4.79 Å². The first-order valence-electron chi connectivity index (χ1n) is 6.42. The number of carbonyl (C=O) groups is 2. The van der Waals surface area contributed by atoms with Gasteiger partial charge in [-0.1, -0.05) is 0 Å². The fraction of sp³-hybridized carbons (Fsp3) is 0.833. The van der Waals surface area contributed by atoms with Crippen LogP contribution >= 0.6 is 12.4 Å². The third-order valence-electron chi connectivity index (χ3n) is 3.48. The molecule has 0 aromatic carbocycles. The first kappa shape index (κ1) is 15.2. The van der Waals surface area contributed by atoms with Crippen LogP contribution in [-0.2, 0) is 14.3 Å². The molecule has 0 spiro atoms. The number of esters is 1. The fourth-order valence-corrected chi connectivity index (χ4v) is 2.38. The van der Waals surface area contributed by atoms with Gasteiger partial charge >= 0.3 is 5.97 Å². The van der Waals surface area contributed by atoms with Crippen LogP contribution in [0.3, 0.4) is 0 Å². The molecule has 2 aliphatic rings. The van der Waals surface area contributed by atoms with Gasteiger partial charge in [0.15, 0.2) is 0 Å². The Morgan fingerprint density at radius 2 is 2.06 bits per heavy atom. The summed E-state index contributed by atoms with van der Waals surface area (Å²) >= 11 is 0. The van der Waals surface area contributed by atoms with Crippen molar-refractivity contribution in [2.24, 2.45) is 5.92 Å². The van der Waals surface area contributed by atoms with Gasteiger partial charge in [0.25, 0.3) is 0 Å². The number of hydrogen-bond acceptors (Lipinski definition) is 4. The van der Waals surface area contributed by atoms with Gasteiger partial charge in [0.05, 0.1) is 12.5 Å². The van der Waals surface area contributed by atoms with Crippen LogP contribution in [0.2, 0.25) is 0 Å². The van der Waals surface area contributed by atoms with E-state index in [1.165, 1.54) is 0 Å². The fourth-order valence-electron chi connectivity index (χ4n) is 2.38. The molecule has 2 rings (SSSR count). The van der Waals surface area contributed by atoms with Crippen LogP contribution < -0.4 is 5.32 Å². The van der Waals surface area contributed by atoms with Crippen LogP contribution in [0.1, 0.15) is 26.2 Å². The van der Waals surface area contributed by atoms with E-state index in [-0.39, 0.29) is 36.2 Å². The number of nitrogens with zero attached hydrogens (tertiary/aromatic N) is 1. The number of piperidine rings is 1. The molecule has 0 aliphatic carbocycles. The standard InChI is InChI=1S/C12H20N2O3.ClH/c1-2-17-12(16)10-5-3-4-6-14(10)11(15)9-7-13-8-9;/h9-10,13H,2-8H2,1H3;1H. The van der Waals surface area contributed by atoms with Crippen LogP contribution in [-0.4, -0.2) is 49.1 Å². The Morgan fingerprint density at radius 1 is 1.33 bits per heavy atom. The molecule has 104 valence electrons. The van der Waals surface area contributed by atoms with Crippen LogP contribution in [0.15, 0.2) is 0 Å². The minimum Gasteiger partial charge on any atom is -0.464 e. The molecule has 1 unspecified atom stereocenters. The van der Waals surface area contributed by atoms with Crippen molar-refractivity contribution in [2.45, 2.75) is 32.2 Å². The van der Waals surface area contributed by atoms with Gasteiger partial charge in [-0.05, 0) is 26.2 Å². The van der Waals surface area contributed by atoms with E-state index in [9.17, 15) is 9.59 Å². The summed E-state index contributed by atoms with van der Waals surface area (Å²) in [7, 11) is 0. The van der Waals surface area contributed by atoms with E-state index in [4.69, 9.17) is 4.74 Å². The predicted molar refractivity (Wildman–Crippen MR) is 69.6 cm³/mol. The summed E-state index contributed by atoms with van der Waals surface area (Å²) in [6.45, 7) is 4.35. The lowest BCUT2D eigenvalue weighted by atomic mass is 9.96. The Labute approximate surface area is 114 Å². The summed E-state index contributed by atoms with van der Waals surface area (Å²) in [6, 6.07) is -0.350. The second-order valence-electron chi connectivity index (χ2n) is 4.65. The Kier molecular flexibility index (Phi) is 5.88. The molecule has 2 heterocycles. The number of carbonyl (C=O) groups excluding carboxylic acids is 2. The number of rotatable bonds is 3. The molecule has 18 heavy (non-hydrogen) atoms. The summed E-state index contributed by atoms with van der Waals surface area (Å²) in [4.78, 5) is 25.7. The van der Waals surface area contributed by atoms with Crippen molar-refractivity contribution in [1.82, 2.24) is 10.2 Å². The lowest BCUT2D eigenvalue weighted by Crippen LogP contribution is -2.57. The smallest absolute Gasteiger partial charge is 0.328 e. The Bertz CT molecular complexity index is 308. The van der Waals surface area contributed by atoms with Crippen LogP contribution in [0.5, 0.6) is 0 Å². The van der Waals surface area contributed by atoms with Crippen LogP contribution in [0.4, 0.5) is 0 Å². The molecule has 0 bridgehead atoms. The molecule has 1 N–H and O–H groups in total. The Balaban J connectivity index is 0.00000162. The number of likely N-dealkylation sites (tertiary alicyclic amines) is 1. The van der Waals surface area contributed by atoms with E-state index in [2.05, 4.69) is 5.32 Å². The van der Waals surface area contributed by atoms with E-state index in [1.807, 2.05) is 0 Å². The minimum atomic E-state index is -0.350. The summed E-state index contributed by atoms with van der Waals surface area (Å²) in [5.41, 5.74) is 0. The first-order valence-corrected chi connectivity index (χ1v) is 6.42. The minimum absolute atomic E-state index is 0. The predicted octanol–water partition coefficient (Wildman–Crippen LogP) is 0.572. The van der Waals surface area contributed by atoms with Gasteiger partial charge in [-0.15, -0.1) is 12.4 Å². The Hall–Kier alpha value is -0.810. The number of halogens is 1. The molecule has 1 atom stereocenters. The SMILES string of the molecule is CCOC(=O)C1CCCCN1C(=O)C1CNC1.Cl. The van der Waals surface area contributed by atoms with Gasteiger partial charge in [-0.2, -0.15) is 0 Å². The highest BCUT2D eigenvalue weighted by Crippen LogP contribution is 2.21. The second kappa shape index (κ2) is 6.95. The van der Waals surface area contributed by atoms with Crippen LogP contribution in [0.25, 0.3) is 0 Å². The van der Waals surface area contributed by atoms with Crippen molar-refractivity contribution < 1.29 is 14.3 Å². The molecular formula is C12H21ClN2O3. The molecule has 2 aliphatic heterocycles. The zero-order chi connectivity index (χ0) is 12.3. The highest BCUT2D eigenvalue weighted by Gasteiger charge is 2.37. The normalized spacial score (nSPS) is 23.8. The first-order chi connectivity index (χ1) is 8.24. The zero-order valence-corrected chi connectivity index (χ0v) is 11.5. The Morgan fingerprint density at radius 3 is 2.61 bits per heavy atom. The number of ether oxygens (including phenoxy) is 1. The van der Waals surface area contributed by atoms with Crippen molar-refractivity contribution in [3.8, 4) is 0 Å². The van der Waals surface area contributed by atoms with E-state index in [0.717, 1.165) is 32.4 Å². The van der Waals surface area contributed by atoms with Gasteiger partial charge in [-0.3, -0.25) is 4.79 Å². The average molecular weight is 277 g/mol. The number of nitrogens with one attached hydrogen (secondary N) is 1. The largest absolute Gasteiger partial charge is 0.464 e. The van der Waals surface area contributed by atoms with Crippen molar-refractivity contribution in [3.05, 3.63) is 0 Å². The lowest BCUT2D eigenvalue weighted by molar-refractivity contribution is -0.158. The molecule has 1 amide bonds. The number of hydrogen-bond donors (Lipinski definition) is 1. The molecule has 2 fully saturated rings. The summed E-state index contributed by atoms with van der Waals surface area (Å²) in [6.07, 6.45) is 2.72. The van der Waals surface area contributed by atoms with E-state index in [1.54, 1.807) is 11.8 Å². The second-order valence-corrected chi connectivity index (χ2v) is 4.65. The zero-order valence-electron chi connectivity index (χ0n) is 10.7. The maximum atomic E-state index is 12.2. The molecule has 5 nitrogen and oxygen atoms in total. The molecule has 0 saturated carbocycles. The van der Waals surface area contributed by atoms with E-state index in [0.29, 0.717) is 13.2 Å². The van der Waals surface area contributed by atoms with Crippen molar-refractivity contribution in [1.29, 1.82) is 0 Å². The molecule has 0 aromatic rings. The van der Waals surface area contributed by atoms with E-state index >= 15 is 0 Å².